The molecule has 22 heavy (non-hydrogen) atoms. The van der Waals surface area contributed by atoms with Crippen molar-refractivity contribution in [1.29, 1.82) is 0 Å². The molecule has 2 aromatic carbocycles. The van der Waals surface area contributed by atoms with Crippen molar-refractivity contribution in [2.45, 2.75) is 25.0 Å². The van der Waals surface area contributed by atoms with Crippen molar-refractivity contribution in [3.8, 4) is 5.75 Å². The Hall–Kier alpha value is -2.07. The molecular weight excluding hydrogens is 305 g/mol. The maximum absolute atomic E-state index is 13.1. The Labute approximate surface area is 133 Å². The first-order valence-electron chi connectivity index (χ1n) is 7.10. The summed E-state index contributed by atoms with van der Waals surface area (Å²) in [5, 5.41) is 3.33. The summed E-state index contributed by atoms with van der Waals surface area (Å²) in [6.07, 6.45) is 1.10. The number of carbonyl (C=O) groups is 1. The molecule has 3 nitrogen and oxygen atoms in total. The summed E-state index contributed by atoms with van der Waals surface area (Å²) in [4.78, 5) is 12.4. The maximum Gasteiger partial charge on any atom is 0.266 e. The Morgan fingerprint density at radius 1 is 1.18 bits per heavy atom. The van der Waals surface area contributed by atoms with Crippen molar-refractivity contribution in [3.05, 3.63) is 64.9 Å². The van der Waals surface area contributed by atoms with Crippen LogP contribution in [0.15, 0.2) is 48.5 Å². The number of hydrogen-bond donors (Lipinski definition) is 1. The Morgan fingerprint density at radius 3 is 2.50 bits per heavy atom. The number of nitrogens with one attached hydrogen (secondary N) is 1. The molecule has 5 heteroatoms. The predicted octanol–water partition coefficient (Wildman–Crippen LogP) is 3.88. The fourth-order valence-electron chi connectivity index (χ4n) is 2.08. The van der Waals surface area contributed by atoms with Gasteiger partial charge in [0.15, 0.2) is 0 Å². The first kappa shape index (κ1) is 14.9. The van der Waals surface area contributed by atoms with Gasteiger partial charge in [0.1, 0.15) is 11.6 Å². The van der Waals surface area contributed by atoms with E-state index in [9.17, 15) is 9.18 Å². The molecule has 1 aliphatic carbocycles. The number of ether oxygens (including phenoxy) is 1. The van der Waals surface area contributed by atoms with Gasteiger partial charge in [-0.3, -0.25) is 4.79 Å². The number of hydrogen-bond acceptors (Lipinski definition) is 2. The average Bonchev–Trinajstić information content (AvgIpc) is 3.31. The van der Waals surface area contributed by atoms with Crippen molar-refractivity contribution in [3.63, 3.8) is 0 Å². The van der Waals surface area contributed by atoms with E-state index in [1.807, 2.05) is 0 Å². The van der Waals surface area contributed by atoms with E-state index >= 15 is 0 Å². The number of rotatable bonds is 5. The van der Waals surface area contributed by atoms with E-state index in [-0.39, 0.29) is 17.8 Å². The van der Waals surface area contributed by atoms with Gasteiger partial charge in [-0.1, -0.05) is 35.9 Å². The van der Waals surface area contributed by atoms with Crippen LogP contribution in [0.3, 0.4) is 0 Å². The lowest BCUT2D eigenvalue weighted by Crippen LogP contribution is -2.33. The molecule has 114 valence electrons. The minimum Gasteiger partial charge on any atom is -0.474 e. The molecule has 0 bridgehead atoms. The Bertz CT molecular complexity index is 671. The fourth-order valence-corrected chi connectivity index (χ4v) is 2.26. The number of amides is 1. The van der Waals surface area contributed by atoms with Crippen LogP contribution in [0, 0.1) is 5.82 Å². The van der Waals surface area contributed by atoms with Crippen molar-refractivity contribution in [1.82, 2.24) is 5.32 Å². The van der Waals surface area contributed by atoms with Crippen molar-refractivity contribution in [2.24, 2.45) is 0 Å². The van der Waals surface area contributed by atoms with E-state index in [0.717, 1.165) is 12.8 Å². The highest BCUT2D eigenvalue weighted by atomic mass is 35.5. The lowest BCUT2D eigenvalue weighted by molar-refractivity contribution is -0.128. The maximum atomic E-state index is 13.1. The topological polar surface area (TPSA) is 38.3 Å². The summed E-state index contributed by atoms with van der Waals surface area (Å²) >= 11 is 6.09. The fraction of sp³-hybridized carbons (Fsp3) is 0.235. The molecule has 0 saturated heterocycles. The van der Waals surface area contributed by atoms with Gasteiger partial charge in [-0.05, 0) is 37.1 Å². The van der Waals surface area contributed by atoms with Gasteiger partial charge in [0.2, 0.25) is 6.10 Å². The number of halogens is 2. The second kappa shape index (κ2) is 6.36. The molecule has 0 radical (unpaired) electrons. The Balaban J connectivity index is 1.86. The molecule has 1 saturated carbocycles. The highest BCUT2D eigenvalue weighted by molar-refractivity contribution is 6.32. The smallest absolute Gasteiger partial charge is 0.266 e. The minimum absolute atomic E-state index is 0.213. The highest BCUT2D eigenvalue weighted by Crippen LogP contribution is 2.30. The summed E-state index contributed by atoms with van der Waals surface area (Å²) in [6, 6.07) is 12.9. The highest BCUT2D eigenvalue weighted by Gasteiger charge is 2.30. The van der Waals surface area contributed by atoms with E-state index in [1.54, 1.807) is 36.4 Å². The number of carbonyl (C=O) groups excluding carboxylic acids is 1. The van der Waals surface area contributed by atoms with E-state index in [0.29, 0.717) is 16.3 Å². The van der Waals surface area contributed by atoms with Crippen LogP contribution >= 0.6 is 11.6 Å². The molecule has 0 heterocycles. The van der Waals surface area contributed by atoms with Gasteiger partial charge in [0.25, 0.3) is 5.91 Å². The standard InChI is InChI=1S/C17H15ClFNO2/c18-14-3-1-2-4-15(14)22-16(17(21)20-13-9-10-13)11-5-7-12(19)8-6-11/h1-8,13,16H,9-10H2,(H,20,21)/t16-/m0/s1. The molecule has 1 aliphatic rings. The van der Waals surface area contributed by atoms with Crippen LogP contribution < -0.4 is 10.1 Å². The van der Waals surface area contributed by atoms with Crippen LogP contribution in [-0.2, 0) is 4.79 Å². The lowest BCUT2D eigenvalue weighted by atomic mass is 10.1. The van der Waals surface area contributed by atoms with Crippen LogP contribution in [0.2, 0.25) is 5.02 Å². The quantitative estimate of drug-likeness (QED) is 0.908. The summed E-state index contributed by atoms with van der Waals surface area (Å²) < 4.78 is 18.9. The summed E-state index contributed by atoms with van der Waals surface area (Å²) in [6.45, 7) is 0. The Morgan fingerprint density at radius 2 is 1.86 bits per heavy atom. The van der Waals surface area contributed by atoms with Crippen molar-refractivity contribution < 1.29 is 13.9 Å². The van der Waals surface area contributed by atoms with Gasteiger partial charge >= 0.3 is 0 Å². The zero-order valence-electron chi connectivity index (χ0n) is 11.8. The molecule has 1 amide bonds. The van der Waals surface area contributed by atoms with E-state index in [1.165, 1.54) is 12.1 Å². The van der Waals surface area contributed by atoms with Crippen LogP contribution in [-0.4, -0.2) is 11.9 Å². The van der Waals surface area contributed by atoms with Crippen molar-refractivity contribution in [2.75, 3.05) is 0 Å². The molecule has 1 atom stereocenters. The first-order chi connectivity index (χ1) is 10.6. The third-order valence-corrected chi connectivity index (χ3v) is 3.73. The third kappa shape index (κ3) is 3.57. The summed E-state index contributed by atoms with van der Waals surface area (Å²) in [5.41, 5.74) is 0.583. The molecule has 3 rings (SSSR count). The van der Waals surface area contributed by atoms with Gasteiger partial charge in [-0.15, -0.1) is 0 Å². The second-order valence-corrected chi connectivity index (χ2v) is 5.67. The number of benzene rings is 2. The molecule has 0 aliphatic heterocycles. The zero-order chi connectivity index (χ0) is 15.5. The molecule has 0 aromatic heterocycles. The number of para-hydroxylation sites is 1. The average molecular weight is 320 g/mol. The minimum atomic E-state index is -0.860. The SMILES string of the molecule is O=C(NC1CC1)[C@@H](Oc1ccccc1Cl)c1ccc(F)cc1. The summed E-state index contributed by atoms with van der Waals surface area (Å²) in [7, 11) is 0. The molecule has 0 unspecified atom stereocenters. The third-order valence-electron chi connectivity index (χ3n) is 3.42. The molecule has 1 fully saturated rings. The molecular formula is C17H15ClFNO2. The molecule has 2 aromatic rings. The van der Waals surface area contributed by atoms with Crippen LogP contribution in [0.5, 0.6) is 5.75 Å². The van der Waals surface area contributed by atoms with Gasteiger partial charge < -0.3 is 10.1 Å². The Kier molecular flexibility index (Phi) is 4.29. The van der Waals surface area contributed by atoms with E-state index in [4.69, 9.17) is 16.3 Å². The lowest BCUT2D eigenvalue weighted by Gasteiger charge is -2.19. The largest absolute Gasteiger partial charge is 0.474 e. The molecule has 0 spiro atoms. The monoisotopic (exact) mass is 319 g/mol. The zero-order valence-corrected chi connectivity index (χ0v) is 12.5. The van der Waals surface area contributed by atoms with Gasteiger partial charge in [0, 0.05) is 11.6 Å². The van der Waals surface area contributed by atoms with Gasteiger partial charge in [-0.25, -0.2) is 4.39 Å². The second-order valence-electron chi connectivity index (χ2n) is 5.26. The summed E-state index contributed by atoms with van der Waals surface area (Å²) in [5.74, 6) is -0.179. The van der Waals surface area contributed by atoms with Gasteiger partial charge in [0.05, 0.1) is 5.02 Å². The van der Waals surface area contributed by atoms with Crippen LogP contribution in [0.4, 0.5) is 4.39 Å². The van der Waals surface area contributed by atoms with Gasteiger partial charge in [-0.2, -0.15) is 0 Å². The first-order valence-corrected chi connectivity index (χ1v) is 7.48. The van der Waals surface area contributed by atoms with E-state index in [2.05, 4.69) is 5.32 Å². The van der Waals surface area contributed by atoms with Crippen molar-refractivity contribution >= 4 is 17.5 Å². The van der Waals surface area contributed by atoms with Crippen LogP contribution in [0.1, 0.15) is 24.5 Å². The molecule has 1 N–H and O–H groups in total. The predicted molar refractivity (Wildman–Crippen MR) is 82.4 cm³/mol. The normalized spacial score (nSPS) is 15.2. The van der Waals surface area contributed by atoms with E-state index < -0.39 is 6.10 Å². The van der Waals surface area contributed by atoms with Crippen LogP contribution in [0.25, 0.3) is 0 Å².